The summed E-state index contributed by atoms with van der Waals surface area (Å²) in [6, 6.07) is 9.62. The number of aromatic nitrogens is 3. The van der Waals surface area contributed by atoms with E-state index in [-0.39, 0.29) is 18.3 Å². The molecule has 2 aromatic heterocycles. The Balaban J connectivity index is 1.71. The molecule has 0 amide bonds. The Labute approximate surface area is 206 Å². The van der Waals surface area contributed by atoms with Gasteiger partial charge in [0.1, 0.15) is 5.52 Å². The number of fused-ring (bicyclic) bond motifs is 1. The highest BCUT2D eigenvalue weighted by Gasteiger charge is 2.30. The van der Waals surface area contributed by atoms with E-state index < -0.39 is 17.8 Å². The lowest BCUT2D eigenvalue weighted by molar-refractivity contribution is -0.137. The topological polar surface area (TPSA) is 95.0 Å². The Morgan fingerprint density at radius 2 is 1.68 bits per heavy atom. The molecule has 7 nitrogen and oxygen atoms in total. The average Bonchev–Trinajstić information content (AvgIpc) is 3.18. The smallest absolute Gasteiger partial charge is 0.392 e. The number of hydrogen-bond donors (Lipinski definition) is 4. The van der Waals surface area contributed by atoms with Gasteiger partial charge < -0.3 is 21.1 Å². The summed E-state index contributed by atoms with van der Waals surface area (Å²) in [5, 5.41) is 19.8. The number of thiazole rings is 1. The van der Waals surface area contributed by atoms with Crippen molar-refractivity contribution in [3.05, 3.63) is 58.1 Å². The van der Waals surface area contributed by atoms with Crippen molar-refractivity contribution in [1.82, 2.24) is 15.0 Å². The summed E-state index contributed by atoms with van der Waals surface area (Å²) in [6.45, 7) is 1.80. The van der Waals surface area contributed by atoms with Crippen molar-refractivity contribution in [2.24, 2.45) is 0 Å². The van der Waals surface area contributed by atoms with Crippen molar-refractivity contribution in [1.29, 1.82) is 0 Å². The molecule has 0 aliphatic rings. The van der Waals surface area contributed by atoms with Crippen LogP contribution in [0.15, 0.2) is 42.5 Å². The van der Waals surface area contributed by atoms with Crippen molar-refractivity contribution in [3.63, 3.8) is 0 Å². The first-order valence-corrected chi connectivity index (χ1v) is 11.4. The molecule has 0 unspecified atom stereocenters. The van der Waals surface area contributed by atoms with Crippen LogP contribution in [0.1, 0.15) is 12.5 Å². The zero-order valence-electron chi connectivity index (χ0n) is 17.4. The van der Waals surface area contributed by atoms with Gasteiger partial charge in [-0.1, -0.05) is 40.6 Å². The fourth-order valence-electron chi connectivity index (χ4n) is 2.88. The van der Waals surface area contributed by atoms with Crippen LogP contribution in [0.2, 0.25) is 10.0 Å². The minimum Gasteiger partial charge on any atom is -0.392 e. The van der Waals surface area contributed by atoms with Gasteiger partial charge >= 0.3 is 6.18 Å². The van der Waals surface area contributed by atoms with E-state index in [1.807, 2.05) is 0 Å². The van der Waals surface area contributed by atoms with Crippen molar-refractivity contribution < 1.29 is 18.3 Å². The summed E-state index contributed by atoms with van der Waals surface area (Å²) in [5.74, 6) is 0.487. The fraction of sp³-hybridized carbons (Fsp3) is 0.190. The largest absolute Gasteiger partial charge is 0.416 e. The fourth-order valence-corrected chi connectivity index (χ4v) is 4.22. The van der Waals surface area contributed by atoms with Crippen LogP contribution in [-0.2, 0) is 6.18 Å². The summed E-state index contributed by atoms with van der Waals surface area (Å²) in [5.41, 5.74) is 0.480. The molecule has 4 rings (SSSR count). The number of alkyl halides is 3. The number of halogens is 5. The molecule has 0 bridgehead atoms. The number of nitrogens with zero attached hydrogens (tertiary/aromatic N) is 3. The predicted molar refractivity (Wildman–Crippen MR) is 130 cm³/mol. The summed E-state index contributed by atoms with van der Waals surface area (Å²) >= 11 is 13.7. The third-order valence-corrected chi connectivity index (χ3v) is 5.98. The summed E-state index contributed by atoms with van der Waals surface area (Å²) in [4.78, 5) is 13.8. The molecule has 34 heavy (non-hydrogen) atoms. The van der Waals surface area contributed by atoms with Gasteiger partial charge in [-0.15, -0.1) is 0 Å². The third-order valence-electron chi connectivity index (χ3n) is 4.48. The van der Waals surface area contributed by atoms with Gasteiger partial charge in [-0.25, -0.2) is 4.98 Å². The quantitative estimate of drug-likeness (QED) is 0.212. The molecule has 1 atom stereocenters. The lowest BCUT2D eigenvalue weighted by Gasteiger charge is -2.11. The maximum atomic E-state index is 12.9. The number of anilines is 5. The molecule has 4 N–H and O–H groups in total. The number of para-hydroxylation sites is 1. The zero-order chi connectivity index (χ0) is 24.5. The predicted octanol–water partition coefficient (Wildman–Crippen LogP) is 6.69. The lowest BCUT2D eigenvalue weighted by atomic mass is 10.2. The van der Waals surface area contributed by atoms with E-state index in [1.54, 1.807) is 25.1 Å². The van der Waals surface area contributed by atoms with Crippen LogP contribution in [0.4, 0.5) is 41.4 Å². The minimum atomic E-state index is -4.44. The molecule has 4 aromatic rings. The number of hydrogen-bond acceptors (Lipinski definition) is 8. The first-order chi connectivity index (χ1) is 16.1. The molecule has 2 heterocycles. The third kappa shape index (κ3) is 5.61. The van der Waals surface area contributed by atoms with Gasteiger partial charge in [0.25, 0.3) is 0 Å². The molecular weight excluding hydrogens is 512 g/mol. The van der Waals surface area contributed by atoms with Crippen LogP contribution < -0.4 is 16.0 Å². The Bertz CT molecular complexity index is 1290. The van der Waals surface area contributed by atoms with E-state index in [9.17, 15) is 18.3 Å². The first kappa shape index (κ1) is 24.3. The summed E-state index contributed by atoms with van der Waals surface area (Å²) in [6.07, 6.45) is -5.08. The van der Waals surface area contributed by atoms with E-state index in [1.165, 1.54) is 23.5 Å². The molecular formula is C21H17Cl2F3N6OS. The van der Waals surface area contributed by atoms with E-state index in [4.69, 9.17) is 23.2 Å². The second kappa shape index (κ2) is 9.79. The van der Waals surface area contributed by atoms with Crippen molar-refractivity contribution in [3.8, 4) is 0 Å². The molecule has 2 aromatic carbocycles. The molecule has 0 saturated heterocycles. The highest BCUT2D eigenvalue weighted by atomic mass is 35.5. The van der Waals surface area contributed by atoms with Crippen LogP contribution in [0.5, 0.6) is 0 Å². The van der Waals surface area contributed by atoms with Gasteiger partial charge in [-0.3, -0.25) is 0 Å². The van der Waals surface area contributed by atoms with Crippen molar-refractivity contribution in [2.45, 2.75) is 19.2 Å². The van der Waals surface area contributed by atoms with Gasteiger partial charge in [0.15, 0.2) is 15.8 Å². The monoisotopic (exact) mass is 528 g/mol. The van der Waals surface area contributed by atoms with E-state index >= 15 is 0 Å². The van der Waals surface area contributed by atoms with Crippen LogP contribution in [-0.4, -0.2) is 32.7 Å². The summed E-state index contributed by atoms with van der Waals surface area (Å²) < 4.78 is 38.7. The Morgan fingerprint density at radius 3 is 2.29 bits per heavy atom. The number of benzene rings is 2. The van der Waals surface area contributed by atoms with Crippen molar-refractivity contribution in [2.75, 3.05) is 22.5 Å². The van der Waals surface area contributed by atoms with Gasteiger partial charge in [-0.2, -0.15) is 23.1 Å². The maximum Gasteiger partial charge on any atom is 0.416 e. The Morgan fingerprint density at radius 1 is 1.00 bits per heavy atom. The second-order valence-corrected chi connectivity index (χ2v) is 9.01. The van der Waals surface area contributed by atoms with Crippen LogP contribution in [0.3, 0.4) is 0 Å². The Kier molecular flexibility index (Phi) is 6.99. The SMILES string of the molecule is C[C@@H](O)CNc1nc(Nc2ccc(C(F)(F)F)cc2)c2nc(Nc3c(Cl)cccc3Cl)sc2n1. The average molecular weight is 529 g/mol. The van der Waals surface area contributed by atoms with Crippen LogP contribution in [0, 0.1) is 0 Å². The lowest BCUT2D eigenvalue weighted by Crippen LogP contribution is -2.17. The van der Waals surface area contributed by atoms with Crippen molar-refractivity contribution >= 4 is 73.2 Å². The maximum absolute atomic E-state index is 12.9. The van der Waals surface area contributed by atoms with E-state index in [0.717, 1.165) is 12.1 Å². The number of aliphatic hydroxyl groups excluding tert-OH is 1. The number of rotatable bonds is 7. The summed E-state index contributed by atoms with van der Waals surface area (Å²) in [7, 11) is 0. The highest BCUT2D eigenvalue weighted by Crippen LogP contribution is 2.37. The normalized spacial score (nSPS) is 12.6. The molecule has 0 aliphatic carbocycles. The first-order valence-electron chi connectivity index (χ1n) is 9.86. The second-order valence-electron chi connectivity index (χ2n) is 7.22. The van der Waals surface area contributed by atoms with E-state index in [2.05, 4.69) is 30.9 Å². The molecule has 0 radical (unpaired) electrons. The molecule has 0 aliphatic heterocycles. The van der Waals surface area contributed by atoms with Gasteiger partial charge in [0.05, 0.1) is 27.4 Å². The highest BCUT2D eigenvalue weighted by molar-refractivity contribution is 7.22. The molecule has 178 valence electrons. The van der Waals surface area contributed by atoms with Gasteiger partial charge in [0, 0.05) is 12.2 Å². The zero-order valence-corrected chi connectivity index (χ0v) is 19.7. The van der Waals surface area contributed by atoms with Gasteiger partial charge in [-0.05, 0) is 43.3 Å². The minimum absolute atomic E-state index is 0.199. The Hall–Kier alpha value is -2.86. The molecule has 0 spiro atoms. The standard InChI is InChI=1S/C21H17Cl2F3N6OS/c1-10(33)9-27-19-31-17(28-12-7-5-11(6-8-12)21(24,25)26)16-18(32-19)34-20(30-16)29-15-13(22)3-2-4-14(15)23/h2-8,10,33H,9H2,1H3,(H,29,30)(H2,27,28,31,32)/t10-/m1/s1. The van der Waals surface area contributed by atoms with Crippen LogP contribution >= 0.6 is 34.5 Å². The van der Waals surface area contributed by atoms with E-state index in [0.29, 0.717) is 36.9 Å². The number of aliphatic hydroxyl groups is 1. The molecule has 0 fully saturated rings. The van der Waals surface area contributed by atoms with Crippen LogP contribution in [0.25, 0.3) is 10.3 Å². The molecule has 0 saturated carbocycles. The molecule has 13 heteroatoms. The van der Waals surface area contributed by atoms with Gasteiger partial charge in [0.2, 0.25) is 5.95 Å². The number of nitrogens with one attached hydrogen (secondary N) is 3.